The first-order valence-corrected chi connectivity index (χ1v) is 8.28. The molecule has 23 heavy (non-hydrogen) atoms. The molecule has 0 saturated heterocycles. The van der Waals surface area contributed by atoms with E-state index in [1.807, 2.05) is 36.4 Å². The molecule has 0 bridgehead atoms. The van der Waals surface area contributed by atoms with Gasteiger partial charge in [0.25, 0.3) is 0 Å². The minimum Gasteiger partial charge on any atom is -0.362 e. The third-order valence-electron chi connectivity index (χ3n) is 4.35. The Hall–Kier alpha value is -2.36. The van der Waals surface area contributed by atoms with E-state index in [-0.39, 0.29) is 5.91 Å². The predicted molar refractivity (Wildman–Crippen MR) is 92.1 cm³/mol. The molecular formula is C19H23N3O. The Morgan fingerprint density at radius 2 is 1.91 bits per heavy atom. The first-order valence-electron chi connectivity index (χ1n) is 8.28. The first kappa shape index (κ1) is 15.5. The van der Waals surface area contributed by atoms with Gasteiger partial charge in [-0.2, -0.15) is 0 Å². The number of hydrogen-bond donors (Lipinski definition) is 1. The summed E-state index contributed by atoms with van der Waals surface area (Å²) in [7, 11) is 0. The van der Waals surface area contributed by atoms with E-state index in [2.05, 4.69) is 27.3 Å². The van der Waals surface area contributed by atoms with Crippen molar-refractivity contribution in [1.29, 1.82) is 0 Å². The van der Waals surface area contributed by atoms with Gasteiger partial charge in [-0.25, -0.2) is 0 Å². The molecular weight excluding hydrogens is 286 g/mol. The highest BCUT2D eigenvalue weighted by atomic mass is 16.2. The highest BCUT2D eigenvalue weighted by Gasteiger charge is 2.22. The molecule has 1 aromatic carbocycles. The fourth-order valence-electron chi connectivity index (χ4n) is 2.81. The number of anilines is 1. The molecule has 1 aliphatic carbocycles. The van der Waals surface area contributed by atoms with Crippen molar-refractivity contribution in [3.05, 3.63) is 60.4 Å². The molecule has 4 heteroatoms. The number of aromatic nitrogens is 1. The topological polar surface area (TPSA) is 45.2 Å². The summed E-state index contributed by atoms with van der Waals surface area (Å²) in [5.41, 5.74) is 2.00. The summed E-state index contributed by atoms with van der Waals surface area (Å²) in [6, 6.07) is 15.9. The third-order valence-corrected chi connectivity index (χ3v) is 4.35. The van der Waals surface area contributed by atoms with Crippen molar-refractivity contribution in [3.8, 4) is 0 Å². The van der Waals surface area contributed by atoms with Crippen molar-refractivity contribution in [2.24, 2.45) is 5.92 Å². The van der Waals surface area contributed by atoms with E-state index >= 15 is 0 Å². The highest BCUT2D eigenvalue weighted by molar-refractivity contribution is 5.81. The number of rotatable bonds is 7. The number of hydrogen-bond acceptors (Lipinski definition) is 3. The second kappa shape index (κ2) is 7.77. The molecule has 0 atom stereocenters. The Balaban J connectivity index is 1.57. The maximum absolute atomic E-state index is 12.3. The van der Waals surface area contributed by atoms with Gasteiger partial charge in [0, 0.05) is 18.4 Å². The van der Waals surface area contributed by atoms with E-state index < -0.39 is 0 Å². The number of nitrogens with zero attached hydrogens (tertiary/aromatic N) is 2. The second-order valence-electron chi connectivity index (χ2n) is 6.11. The summed E-state index contributed by atoms with van der Waals surface area (Å²) in [6.07, 6.45) is 5.62. The SMILES string of the molecule is O=C(CN(CC1CCC1)c1ccccc1)NCc1ccccn1. The summed E-state index contributed by atoms with van der Waals surface area (Å²) in [6.45, 7) is 1.83. The van der Waals surface area contributed by atoms with Gasteiger partial charge < -0.3 is 10.2 Å². The number of carbonyl (C=O) groups excluding carboxylic acids is 1. The molecule has 0 unspecified atom stereocenters. The van der Waals surface area contributed by atoms with E-state index in [1.165, 1.54) is 19.3 Å². The van der Waals surface area contributed by atoms with Gasteiger partial charge in [-0.15, -0.1) is 0 Å². The van der Waals surface area contributed by atoms with Gasteiger partial charge in [-0.05, 0) is 43.0 Å². The van der Waals surface area contributed by atoms with Crippen LogP contribution in [-0.2, 0) is 11.3 Å². The molecule has 120 valence electrons. The molecule has 1 saturated carbocycles. The number of para-hydroxylation sites is 1. The van der Waals surface area contributed by atoms with Crippen LogP contribution in [-0.4, -0.2) is 24.0 Å². The van der Waals surface area contributed by atoms with Crippen LogP contribution in [0.25, 0.3) is 0 Å². The number of pyridine rings is 1. The largest absolute Gasteiger partial charge is 0.362 e. The number of amides is 1. The number of carbonyl (C=O) groups is 1. The lowest BCUT2D eigenvalue weighted by atomic mass is 9.85. The molecule has 1 aliphatic rings. The van der Waals surface area contributed by atoms with E-state index in [4.69, 9.17) is 0 Å². The van der Waals surface area contributed by atoms with Crippen molar-refractivity contribution in [3.63, 3.8) is 0 Å². The zero-order valence-electron chi connectivity index (χ0n) is 13.3. The summed E-state index contributed by atoms with van der Waals surface area (Å²) < 4.78 is 0. The van der Waals surface area contributed by atoms with Crippen LogP contribution in [0.15, 0.2) is 54.7 Å². The second-order valence-corrected chi connectivity index (χ2v) is 6.11. The fraction of sp³-hybridized carbons (Fsp3) is 0.368. The van der Waals surface area contributed by atoms with Crippen molar-refractivity contribution in [1.82, 2.24) is 10.3 Å². The lowest BCUT2D eigenvalue weighted by molar-refractivity contribution is -0.120. The Kier molecular flexibility index (Phi) is 5.25. The molecule has 2 aromatic rings. The zero-order chi connectivity index (χ0) is 15.9. The van der Waals surface area contributed by atoms with Crippen LogP contribution in [0.3, 0.4) is 0 Å². The lowest BCUT2D eigenvalue weighted by Crippen LogP contribution is -2.40. The first-order chi connectivity index (χ1) is 11.3. The van der Waals surface area contributed by atoms with Crippen molar-refractivity contribution in [2.45, 2.75) is 25.8 Å². The van der Waals surface area contributed by atoms with Gasteiger partial charge >= 0.3 is 0 Å². The smallest absolute Gasteiger partial charge is 0.239 e. The van der Waals surface area contributed by atoms with Gasteiger partial charge in [0.15, 0.2) is 0 Å². The lowest BCUT2D eigenvalue weighted by Gasteiger charge is -2.33. The monoisotopic (exact) mass is 309 g/mol. The molecule has 1 aromatic heterocycles. The Morgan fingerprint density at radius 3 is 2.57 bits per heavy atom. The van der Waals surface area contributed by atoms with E-state index in [1.54, 1.807) is 6.20 Å². The Morgan fingerprint density at radius 1 is 1.13 bits per heavy atom. The molecule has 0 aliphatic heterocycles. The fourth-order valence-corrected chi connectivity index (χ4v) is 2.81. The zero-order valence-corrected chi connectivity index (χ0v) is 13.3. The normalized spacial score (nSPS) is 14.1. The van der Waals surface area contributed by atoms with Crippen molar-refractivity contribution in [2.75, 3.05) is 18.0 Å². The van der Waals surface area contributed by atoms with Crippen LogP contribution < -0.4 is 10.2 Å². The summed E-state index contributed by atoms with van der Waals surface area (Å²) in [4.78, 5) is 18.7. The minimum absolute atomic E-state index is 0.0406. The van der Waals surface area contributed by atoms with E-state index in [0.717, 1.165) is 23.8 Å². The third kappa shape index (κ3) is 4.55. The Bertz CT molecular complexity index is 611. The van der Waals surface area contributed by atoms with Crippen molar-refractivity contribution >= 4 is 11.6 Å². The minimum atomic E-state index is 0.0406. The molecule has 0 spiro atoms. The number of nitrogens with one attached hydrogen (secondary N) is 1. The van der Waals surface area contributed by atoms with Crippen LogP contribution in [0.1, 0.15) is 25.0 Å². The molecule has 4 nitrogen and oxygen atoms in total. The molecule has 0 radical (unpaired) electrons. The Labute approximate surface area is 137 Å². The van der Waals surface area contributed by atoms with Crippen LogP contribution in [0.2, 0.25) is 0 Å². The van der Waals surface area contributed by atoms with Crippen LogP contribution in [0.5, 0.6) is 0 Å². The van der Waals surface area contributed by atoms with Gasteiger partial charge in [0.2, 0.25) is 5.91 Å². The van der Waals surface area contributed by atoms with Crippen molar-refractivity contribution < 1.29 is 4.79 Å². The summed E-state index contributed by atoms with van der Waals surface area (Å²) >= 11 is 0. The molecule has 1 fully saturated rings. The van der Waals surface area contributed by atoms with Crippen LogP contribution in [0.4, 0.5) is 5.69 Å². The quantitative estimate of drug-likeness (QED) is 0.855. The molecule has 1 heterocycles. The summed E-state index contributed by atoms with van der Waals surface area (Å²) in [5, 5.41) is 2.97. The van der Waals surface area contributed by atoms with Crippen LogP contribution in [0, 0.1) is 5.92 Å². The van der Waals surface area contributed by atoms with Gasteiger partial charge in [0.1, 0.15) is 0 Å². The van der Waals surface area contributed by atoms with E-state index in [9.17, 15) is 4.79 Å². The summed E-state index contributed by atoms with van der Waals surface area (Å²) in [5.74, 6) is 0.762. The molecule has 3 rings (SSSR count). The highest BCUT2D eigenvalue weighted by Crippen LogP contribution is 2.28. The maximum Gasteiger partial charge on any atom is 0.239 e. The molecule has 1 N–H and O–H groups in total. The van der Waals surface area contributed by atoms with Gasteiger partial charge in [-0.3, -0.25) is 9.78 Å². The van der Waals surface area contributed by atoms with Gasteiger partial charge in [0.05, 0.1) is 18.8 Å². The maximum atomic E-state index is 12.3. The standard InChI is InChI=1S/C19H23N3O/c23-19(21-13-17-9-4-5-12-20-17)15-22(14-16-7-6-8-16)18-10-2-1-3-11-18/h1-5,9-12,16H,6-8,13-15H2,(H,21,23). The predicted octanol–water partition coefficient (Wildman–Crippen LogP) is 3.00. The molecule has 1 amide bonds. The van der Waals surface area contributed by atoms with E-state index in [0.29, 0.717) is 13.1 Å². The average molecular weight is 309 g/mol. The average Bonchev–Trinajstić information content (AvgIpc) is 2.57. The van der Waals surface area contributed by atoms with Gasteiger partial charge in [-0.1, -0.05) is 30.7 Å². The van der Waals surface area contributed by atoms with Crippen LogP contribution >= 0.6 is 0 Å². The number of benzene rings is 1.